The number of carbonyl (C=O) groups is 2. The smallest absolute Gasteiger partial charge is 0.338 e. The van der Waals surface area contributed by atoms with Crippen molar-refractivity contribution in [2.75, 3.05) is 6.61 Å². The number of hydrogen-bond acceptors (Lipinski definition) is 6. The number of nitrogens with one attached hydrogen (secondary N) is 1. The standard InChI is InChI=1S/C30H59NO6Si/c1-11-12-13-14-15-16-17-19-23(26-28(34)37-30(7,8)36-26)27(33)31-25(22(2)3)24(32)20-18-21-35-38(9,10)29(4,5)6/h22-26,32H,11-21H2,1-10H3,(H,31,33)/t23-,24-,25+,26+/m1/s1. The zero-order chi connectivity index (χ0) is 29.1. The maximum atomic E-state index is 13.6. The number of rotatable bonds is 18. The lowest BCUT2D eigenvalue weighted by atomic mass is 9.91. The number of cyclic esters (lactones) is 1. The van der Waals surface area contributed by atoms with E-state index in [0.717, 1.165) is 25.7 Å². The zero-order valence-corrected chi connectivity index (χ0v) is 27.2. The maximum absolute atomic E-state index is 13.6. The molecule has 8 heteroatoms. The molecule has 0 radical (unpaired) electrons. The first-order chi connectivity index (χ1) is 17.5. The molecule has 7 nitrogen and oxygen atoms in total. The first-order valence-electron chi connectivity index (χ1n) is 15.1. The van der Waals surface area contributed by atoms with Crippen LogP contribution in [0.15, 0.2) is 0 Å². The molecular weight excluding hydrogens is 498 g/mol. The lowest BCUT2D eigenvalue weighted by Crippen LogP contribution is -2.51. The third kappa shape index (κ3) is 11.6. The molecule has 0 aromatic rings. The molecule has 4 atom stereocenters. The Balaban J connectivity index is 2.78. The van der Waals surface area contributed by atoms with E-state index in [-0.39, 0.29) is 16.9 Å². The molecule has 1 saturated heterocycles. The molecule has 1 fully saturated rings. The van der Waals surface area contributed by atoms with E-state index in [0.29, 0.717) is 19.4 Å². The largest absolute Gasteiger partial charge is 0.432 e. The molecule has 1 aliphatic heterocycles. The number of esters is 1. The SMILES string of the molecule is CCCCCCCCC[C@@H](C(=O)N[C@@H](C(C)C)[C@H](O)CCCO[Si](C)(C)C(C)(C)C)[C@@H]1OC(C)(C)OC1=O. The van der Waals surface area contributed by atoms with E-state index >= 15 is 0 Å². The summed E-state index contributed by atoms with van der Waals surface area (Å²) in [5.41, 5.74) is 0. The van der Waals surface area contributed by atoms with Crippen LogP contribution in [0, 0.1) is 11.8 Å². The predicted molar refractivity (Wildman–Crippen MR) is 156 cm³/mol. The third-order valence-electron chi connectivity index (χ3n) is 8.17. The highest BCUT2D eigenvalue weighted by atomic mass is 28.4. The molecule has 0 aliphatic carbocycles. The number of carbonyl (C=O) groups excluding carboxylic acids is 2. The first-order valence-corrected chi connectivity index (χ1v) is 18.0. The third-order valence-corrected chi connectivity index (χ3v) is 12.7. The molecule has 1 heterocycles. The quantitative estimate of drug-likeness (QED) is 0.110. The van der Waals surface area contributed by atoms with Gasteiger partial charge in [0.05, 0.1) is 18.1 Å². The molecule has 0 saturated carbocycles. The van der Waals surface area contributed by atoms with Crippen molar-refractivity contribution in [1.82, 2.24) is 5.32 Å². The van der Waals surface area contributed by atoms with E-state index in [4.69, 9.17) is 13.9 Å². The molecular formula is C30H59NO6Si. The fourth-order valence-electron chi connectivity index (χ4n) is 4.66. The second-order valence-electron chi connectivity index (χ2n) is 13.5. The van der Waals surface area contributed by atoms with Crippen molar-refractivity contribution < 1.29 is 28.6 Å². The van der Waals surface area contributed by atoms with Gasteiger partial charge in [-0.3, -0.25) is 4.79 Å². The molecule has 1 aliphatic rings. The Morgan fingerprint density at radius 2 is 1.63 bits per heavy atom. The summed E-state index contributed by atoms with van der Waals surface area (Å²) in [6, 6.07) is -0.419. The molecule has 0 unspecified atom stereocenters. The van der Waals surface area contributed by atoms with E-state index in [1.54, 1.807) is 13.8 Å². The Labute approximate surface area is 234 Å². The van der Waals surface area contributed by atoms with Crippen LogP contribution in [0.3, 0.4) is 0 Å². The van der Waals surface area contributed by atoms with Crippen molar-refractivity contribution >= 4 is 20.2 Å². The lowest BCUT2D eigenvalue weighted by Gasteiger charge is -2.36. The van der Waals surface area contributed by atoms with Gasteiger partial charge in [-0.25, -0.2) is 4.79 Å². The van der Waals surface area contributed by atoms with Crippen molar-refractivity contribution in [3.63, 3.8) is 0 Å². The van der Waals surface area contributed by atoms with E-state index in [9.17, 15) is 14.7 Å². The van der Waals surface area contributed by atoms with Crippen molar-refractivity contribution in [3.05, 3.63) is 0 Å². The average molecular weight is 558 g/mol. The number of unbranched alkanes of at least 4 members (excludes halogenated alkanes) is 6. The molecule has 1 rings (SSSR count). The fraction of sp³-hybridized carbons (Fsp3) is 0.933. The number of aliphatic hydroxyl groups excluding tert-OH is 1. The Kier molecular flexibility index (Phi) is 14.5. The topological polar surface area (TPSA) is 94.1 Å². The van der Waals surface area contributed by atoms with E-state index in [1.165, 1.54) is 25.7 Å². The monoisotopic (exact) mass is 557 g/mol. The van der Waals surface area contributed by atoms with Crippen LogP contribution in [-0.4, -0.2) is 55.9 Å². The van der Waals surface area contributed by atoms with Gasteiger partial charge < -0.3 is 24.3 Å². The summed E-state index contributed by atoms with van der Waals surface area (Å²) in [6.07, 6.45) is 8.08. The number of ether oxygens (including phenoxy) is 2. The van der Waals surface area contributed by atoms with Gasteiger partial charge in [-0.1, -0.05) is 86.5 Å². The molecule has 2 N–H and O–H groups in total. The molecule has 0 aromatic heterocycles. The highest BCUT2D eigenvalue weighted by Gasteiger charge is 2.47. The minimum Gasteiger partial charge on any atom is -0.432 e. The second kappa shape index (κ2) is 15.7. The Morgan fingerprint density at radius 3 is 2.13 bits per heavy atom. The number of hydrogen-bond donors (Lipinski definition) is 2. The Morgan fingerprint density at radius 1 is 1.05 bits per heavy atom. The first kappa shape index (κ1) is 35.1. The van der Waals surface area contributed by atoms with E-state index in [1.807, 2.05) is 13.8 Å². The summed E-state index contributed by atoms with van der Waals surface area (Å²) in [6.45, 7) is 21.3. The number of aliphatic hydroxyl groups is 1. The van der Waals surface area contributed by atoms with Gasteiger partial charge in [-0.05, 0) is 43.3 Å². The summed E-state index contributed by atoms with van der Waals surface area (Å²) in [5.74, 6) is -2.38. The fourth-order valence-corrected chi connectivity index (χ4v) is 5.75. The number of amides is 1. The van der Waals surface area contributed by atoms with Gasteiger partial charge in [0.1, 0.15) is 0 Å². The normalized spacial score (nSPS) is 20.3. The lowest BCUT2D eigenvalue weighted by molar-refractivity contribution is -0.162. The molecule has 38 heavy (non-hydrogen) atoms. The minimum absolute atomic E-state index is 0.0300. The zero-order valence-electron chi connectivity index (χ0n) is 26.2. The van der Waals surface area contributed by atoms with Gasteiger partial charge in [0.15, 0.2) is 14.4 Å². The van der Waals surface area contributed by atoms with Gasteiger partial charge in [0.2, 0.25) is 11.7 Å². The van der Waals surface area contributed by atoms with Crippen LogP contribution in [0.5, 0.6) is 0 Å². The Bertz CT molecular complexity index is 718. The van der Waals surface area contributed by atoms with Gasteiger partial charge >= 0.3 is 5.97 Å². The van der Waals surface area contributed by atoms with Gasteiger partial charge in [0, 0.05) is 20.5 Å². The summed E-state index contributed by atoms with van der Waals surface area (Å²) >= 11 is 0. The van der Waals surface area contributed by atoms with Gasteiger partial charge in [0.25, 0.3) is 0 Å². The van der Waals surface area contributed by atoms with Crippen molar-refractivity contribution in [1.29, 1.82) is 0 Å². The van der Waals surface area contributed by atoms with Crippen LogP contribution in [-0.2, 0) is 23.5 Å². The average Bonchev–Trinajstić information content (AvgIpc) is 3.07. The van der Waals surface area contributed by atoms with Gasteiger partial charge in [-0.2, -0.15) is 0 Å². The Hall–Kier alpha value is -0.963. The predicted octanol–water partition coefficient (Wildman–Crippen LogP) is 6.73. The molecule has 0 bridgehead atoms. The second-order valence-corrected chi connectivity index (χ2v) is 18.3. The van der Waals surface area contributed by atoms with Crippen LogP contribution >= 0.6 is 0 Å². The van der Waals surface area contributed by atoms with Crippen LogP contribution < -0.4 is 5.32 Å². The van der Waals surface area contributed by atoms with Crippen LogP contribution in [0.4, 0.5) is 0 Å². The molecule has 0 aromatic carbocycles. The highest BCUT2D eigenvalue weighted by molar-refractivity contribution is 6.74. The highest BCUT2D eigenvalue weighted by Crippen LogP contribution is 2.36. The van der Waals surface area contributed by atoms with Crippen LogP contribution in [0.2, 0.25) is 18.1 Å². The van der Waals surface area contributed by atoms with E-state index < -0.39 is 44.2 Å². The van der Waals surface area contributed by atoms with Crippen LogP contribution in [0.25, 0.3) is 0 Å². The molecule has 224 valence electrons. The summed E-state index contributed by atoms with van der Waals surface area (Å²) in [7, 11) is -1.84. The summed E-state index contributed by atoms with van der Waals surface area (Å²) in [4.78, 5) is 26.2. The molecule has 0 spiro atoms. The summed E-state index contributed by atoms with van der Waals surface area (Å²) < 4.78 is 17.5. The maximum Gasteiger partial charge on any atom is 0.338 e. The van der Waals surface area contributed by atoms with Gasteiger partial charge in [-0.15, -0.1) is 0 Å². The van der Waals surface area contributed by atoms with Crippen LogP contribution in [0.1, 0.15) is 120 Å². The molecule has 1 amide bonds. The minimum atomic E-state index is -1.84. The van der Waals surface area contributed by atoms with E-state index in [2.05, 4.69) is 46.1 Å². The van der Waals surface area contributed by atoms with Crippen molar-refractivity contribution in [2.24, 2.45) is 11.8 Å². The van der Waals surface area contributed by atoms with Crippen molar-refractivity contribution in [3.8, 4) is 0 Å². The summed E-state index contributed by atoms with van der Waals surface area (Å²) in [5, 5.41) is 14.3. The van der Waals surface area contributed by atoms with Crippen molar-refractivity contribution in [2.45, 2.75) is 162 Å².